The van der Waals surface area contributed by atoms with Crippen LogP contribution in [0.15, 0.2) is 180 Å². The van der Waals surface area contributed by atoms with Crippen molar-refractivity contribution in [3.8, 4) is 0 Å². The second kappa shape index (κ2) is 13.1. The van der Waals surface area contributed by atoms with Gasteiger partial charge in [0.2, 0.25) is 6.71 Å². The monoisotopic (exact) mass is 771 g/mol. The van der Waals surface area contributed by atoms with Crippen LogP contribution in [-0.4, -0.2) is 6.71 Å². The number of fused-ring (bicyclic) bond motifs is 6. The zero-order chi connectivity index (χ0) is 39.4. The van der Waals surface area contributed by atoms with Crippen molar-refractivity contribution in [1.29, 1.82) is 0 Å². The van der Waals surface area contributed by atoms with E-state index in [0.29, 0.717) is 0 Å². The Bertz CT molecular complexity index is 3590. The summed E-state index contributed by atoms with van der Waals surface area (Å²) in [7, 11) is 0. The summed E-state index contributed by atoms with van der Waals surface area (Å²) in [5, 5.41) is 12.5. The van der Waals surface area contributed by atoms with Gasteiger partial charge in [0.05, 0.1) is 11.4 Å². The molecule has 12 rings (SSSR count). The summed E-state index contributed by atoms with van der Waals surface area (Å²) in [6.45, 7) is 6.85. The molecule has 0 radical (unpaired) electrons. The first kappa shape index (κ1) is 34.2. The van der Waals surface area contributed by atoms with Gasteiger partial charge in [-0.1, -0.05) is 173 Å². The first-order valence-corrected chi connectivity index (χ1v) is 21.3. The van der Waals surface area contributed by atoms with Crippen LogP contribution in [0.3, 0.4) is 0 Å². The molecule has 0 bridgehead atoms. The molecule has 10 aromatic carbocycles. The summed E-state index contributed by atoms with van der Waals surface area (Å²) in [5.74, 6) is 0. The molecule has 2 aromatic heterocycles. The third-order valence-corrected chi connectivity index (χ3v) is 13.9. The first-order valence-electron chi connectivity index (χ1n) is 20.5. The molecular formula is C55H38BNOS. The predicted octanol–water partition coefficient (Wildman–Crippen LogP) is 13.8. The van der Waals surface area contributed by atoms with Crippen molar-refractivity contribution in [3.63, 3.8) is 0 Å². The van der Waals surface area contributed by atoms with Crippen molar-refractivity contribution in [3.05, 3.63) is 193 Å². The second-order valence-corrected chi connectivity index (χ2v) is 17.2. The molecule has 59 heavy (non-hydrogen) atoms. The molecule has 0 unspecified atom stereocenters. The summed E-state index contributed by atoms with van der Waals surface area (Å²) in [4.78, 5) is 2.39. The van der Waals surface area contributed by atoms with Crippen molar-refractivity contribution in [1.82, 2.24) is 0 Å². The van der Waals surface area contributed by atoms with Gasteiger partial charge in [-0.15, -0.1) is 11.3 Å². The summed E-state index contributed by atoms with van der Waals surface area (Å²) in [6.07, 6.45) is 0. The molecule has 4 heteroatoms. The average molecular weight is 772 g/mol. The number of hydrogen-bond acceptors (Lipinski definition) is 3. The SMILES string of the molecule is Cc1cc(C)c(B(c2ccc3ccc4c(N(c5ccccc5)c5cccc6c5oc5ccccc56)ccc5ccc2c3c54)c2cccc3c2sc2ccccc23)c(C)c1. The number of anilines is 3. The lowest BCUT2D eigenvalue weighted by Gasteiger charge is -2.28. The molecule has 2 heterocycles. The van der Waals surface area contributed by atoms with Gasteiger partial charge in [-0.3, -0.25) is 0 Å². The maximum absolute atomic E-state index is 6.69. The molecule has 12 aromatic rings. The smallest absolute Gasteiger partial charge is 0.244 e. The zero-order valence-electron chi connectivity index (χ0n) is 33.1. The highest BCUT2D eigenvalue weighted by atomic mass is 32.1. The Balaban J connectivity index is 1.15. The lowest BCUT2D eigenvalue weighted by atomic mass is 9.35. The number of para-hydroxylation sites is 3. The molecule has 0 amide bonds. The number of rotatable bonds is 6. The Morgan fingerprint density at radius 1 is 0.475 bits per heavy atom. The van der Waals surface area contributed by atoms with Gasteiger partial charge in [0.15, 0.2) is 5.58 Å². The van der Waals surface area contributed by atoms with E-state index < -0.39 is 0 Å². The van der Waals surface area contributed by atoms with E-state index in [-0.39, 0.29) is 6.71 Å². The van der Waals surface area contributed by atoms with Crippen LogP contribution < -0.4 is 21.3 Å². The van der Waals surface area contributed by atoms with E-state index in [1.165, 1.54) is 85.6 Å². The molecule has 0 aliphatic carbocycles. The standard InChI is InChI=1S/C55H38BNOS/c1-33-31-34(2)53(35(3)32-33)56(46-19-11-18-42-40-16-8-10-22-50(40)59-55(42)46)45-29-25-36-24-28-44-47(30-26-37-23-27-43(45)51(36)52(37)44)57(38-13-5-4-6-14-38)48-20-12-17-41-39-15-7-9-21-49(39)58-54(41)48/h4-32H,1-3H3. The van der Waals surface area contributed by atoms with E-state index >= 15 is 0 Å². The number of aryl methyl sites for hydroxylation is 3. The van der Waals surface area contributed by atoms with Crippen molar-refractivity contribution >= 4 is 126 Å². The fourth-order valence-corrected chi connectivity index (χ4v) is 11.5. The van der Waals surface area contributed by atoms with E-state index in [9.17, 15) is 0 Å². The van der Waals surface area contributed by atoms with Crippen molar-refractivity contribution in [2.45, 2.75) is 20.8 Å². The van der Waals surface area contributed by atoms with Gasteiger partial charge in [-0.05, 0) is 89.5 Å². The Hall–Kier alpha value is -6.88. The lowest BCUT2D eigenvalue weighted by Crippen LogP contribution is -2.54. The van der Waals surface area contributed by atoms with Crippen LogP contribution in [0.5, 0.6) is 0 Å². The molecule has 0 saturated heterocycles. The van der Waals surface area contributed by atoms with Crippen LogP contribution >= 0.6 is 11.3 Å². The topological polar surface area (TPSA) is 16.4 Å². The molecule has 0 N–H and O–H groups in total. The van der Waals surface area contributed by atoms with E-state index in [4.69, 9.17) is 4.42 Å². The fourth-order valence-electron chi connectivity index (χ4n) is 10.3. The maximum Gasteiger partial charge on any atom is 0.244 e. The molecule has 0 aliphatic rings. The molecule has 0 aliphatic heterocycles. The third-order valence-electron chi connectivity index (χ3n) is 12.6. The Morgan fingerprint density at radius 2 is 1.12 bits per heavy atom. The molecule has 0 saturated carbocycles. The number of hydrogen-bond donors (Lipinski definition) is 0. The van der Waals surface area contributed by atoms with Crippen LogP contribution in [0.4, 0.5) is 17.1 Å². The largest absolute Gasteiger partial charge is 0.454 e. The van der Waals surface area contributed by atoms with E-state index in [1.54, 1.807) is 0 Å². The van der Waals surface area contributed by atoms with Gasteiger partial charge in [-0.2, -0.15) is 0 Å². The van der Waals surface area contributed by atoms with Crippen LogP contribution in [-0.2, 0) is 0 Å². The number of thiophene rings is 1. The quantitative estimate of drug-likeness (QED) is 0.124. The van der Waals surface area contributed by atoms with Crippen LogP contribution in [0.1, 0.15) is 16.7 Å². The second-order valence-electron chi connectivity index (χ2n) is 16.2. The minimum absolute atomic E-state index is 0.0305. The van der Waals surface area contributed by atoms with Gasteiger partial charge in [0.1, 0.15) is 5.58 Å². The normalized spacial score (nSPS) is 12.0. The molecular weight excluding hydrogens is 733 g/mol. The maximum atomic E-state index is 6.69. The van der Waals surface area contributed by atoms with Gasteiger partial charge < -0.3 is 9.32 Å². The van der Waals surface area contributed by atoms with Gasteiger partial charge >= 0.3 is 0 Å². The first-order chi connectivity index (χ1) is 29.0. The Labute approximate surface area is 347 Å². The minimum atomic E-state index is 0.0305. The summed E-state index contributed by atoms with van der Waals surface area (Å²) in [6, 6.07) is 64.9. The highest BCUT2D eigenvalue weighted by Crippen LogP contribution is 2.46. The van der Waals surface area contributed by atoms with Gasteiger partial charge in [-0.25, -0.2) is 0 Å². The molecule has 0 atom stereocenters. The average Bonchev–Trinajstić information content (AvgIpc) is 3.84. The zero-order valence-corrected chi connectivity index (χ0v) is 33.9. The van der Waals surface area contributed by atoms with Crippen LogP contribution in [0, 0.1) is 20.8 Å². The Morgan fingerprint density at radius 3 is 1.95 bits per heavy atom. The lowest BCUT2D eigenvalue weighted by molar-refractivity contribution is 0.669. The van der Waals surface area contributed by atoms with Crippen molar-refractivity contribution in [2.24, 2.45) is 0 Å². The summed E-state index contributed by atoms with van der Waals surface area (Å²) >= 11 is 1.92. The van der Waals surface area contributed by atoms with E-state index in [2.05, 4.69) is 196 Å². The van der Waals surface area contributed by atoms with E-state index in [1.807, 2.05) is 17.4 Å². The minimum Gasteiger partial charge on any atom is -0.454 e. The predicted molar refractivity (Wildman–Crippen MR) is 257 cm³/mol. The van der Waals surface area contributed by atoms with E-state index in [0.717, 1.165) is 39.0 Å². The van der Waals surface area contributed by atoms with Gasteiger partial charge in [0, 0.05) is 36.6 Å². The molecule has 0 spiro atoms. The highest BCUT2D eigenvalue weighted by molar-refractivity contribution is 7.27. The van der Waals surface area contributed by atoms with Crippen LogP contribution in [0.25, 0.3) is 74.4 Å². The number of benzene rings is 10. The van der Waals surface area contributed by atoms with Gasteiger partial charge in [0.25, 0.3) is 0 Å². The van der Waals surface area contributed by atoms with Crippen LogP contribution in [0.2, 0.25) is 0 Å². The summed E-state index contributed by atoms with van der Waals surface area (Å²) < 4.78 is 9.39. The summed E-state index contributed by atoms with van der Waals surface area (Å²) in [5.41, 5.74) is 13.0. The number of nitrogens with zero attached hydrogens (tertiary/aromatic N) is 1. The molecule has 2 nitrogen and oxygen atoms in total. The Kier molecular flexibility index (Phi) is 7.58. The fraction of sp³-hybridized carbons (Fsp3) is 0.0545. The highest BCUT2D eigenvalue weighted by Gasteiger charge is 2.31. The molecule has 0 fully saturated rings. The third kappa shape index (κ3) is 5.13. The molecule has 278 valence electrons. The van der Waals surface area contributed by atoms with Crippen molar-refractivity contribution < 1.29 is 4.42 Å². The van der Waals surface area contributed by atoms with Crippen molar-refractivity contribution in [2.75, 3.05) is 4.90 Å². The number of furan rings is 1.